The molecular formula is C26H29N7OS. The summed E-state index contributed by atoms with van der Waals surface area (Å²) in [4.78, 5) is 28.6. The van der Waals surface area contributed by atoms with Crippen LogP contribution in [0.2, 0.25) is 0 Å². The van der Waals surface area contributed by atoms with Crippen molar-refractivity contribution in [1.82, 2.24) is 14.9 Å². The molecule has 2 aromatic heterocycles. The van der Waals surface area contributed by atoms with Crippen LogP contribution in [0.4, 0.5) is 22.9 Å². The monoisotopic (exact) mass is 487 g/mol. The van der Waals surface area contributed by atoms with E-state index in [-0.39, 0.29) is 5.91 Å². The molecule has 4 N–H and O–H groups in total. The first-order valence-corrected chi connectivity index (χ1v) is 12.6. The van der Waals surface area contributed by atoms with Crippen molar-refractivity contribution >= 4 is 50.3 Å². The molecule has 0 bridgehead atoms. The summed E-state index contributed by atoms with van der Waals surface area (Å²) < 4.78 is 0. The number of carbonyl (C=O) groups is 1. The van der Waals surface area contributed by atoms with Crippen LogP contribution in [0.15, 0.2) is 60.9 Å². The van der Waals surface area contributed by atoms with Gasteiger partial charge in [-0.3, -0.25) is 9.80 Å². The molecular weight excluding hydrogens is 458 g/mol. The van der Waals surface area contributed by atoms with E-state index < -0.39 is 0 Å². The summed E-state index contributed by atoms with van der Waals surface area (Å²) in [5.74, 6) is 7.40. The zero-order valence-corrected chi connectivity index (χ0v) is 20.5. The van der Waals surface area contributed by atoms with E-state index in [0.717, 1.165) is 52.5 Å². The Morgan fingerprint density at radius 2 is 1.86 bits per heavy atom. The van der Waals surface area contributed by atoms with Gasteiger partial charge in [-0.25, -0.2) is 15.8 Å². The zero-order chi connectivity index (χ0) is 24.4. The molecule has 0 unspecified atom stereocenters. The number of aromatic nitrogens is 2. The summed E-state index contributed by atoms with van der Waals surface area (Å²) in [7, 11) is 0. The van der Waals surface area contributed by atoms with Gasteiger partial charge in [-0.1, -0.05) is 31.2 Å². The van der Waals surface area contributed by atoms with Crippen LogP contribution in [-0.4, -0.2) is 47.0 Å². The Balaban J connectivity index is 1.23. The average molecular weight is 488 g/mol. The van der Waals surface area contributed by atoms with E-state index in [1.165, 1.54) is 4.88 Å². The van der Waals surface area contributed by atoms with Crippen LogP contribution >= 0.6 is 11.3 Å². The maximum Gasteiger partial charge on any atom is 0.227 e. The van der Waals surface area contributed by atoms with Crippen LogP contribution in [0, 0.1) is 0 Å². The number of hydrazine groups is 1. The summed E-state index contributed by atoms with van der Waals surface area (Å²) in [5.41, 5.74) is 9.10. The molecule has 1 aliphatic heterocycles. The van der Waals surface area contributed by atoms with Crippen LogP contribution in [-0.2, 0) is 17.6 Å². The van der Waals surface area contributed by atoms with E-state index in [1.807, 2.05) is 53.4 Å². The number of benzene rings is 2. The number of rotatable bonds is 6. The Labute approximate surface area is 208 Å². The van der Waals surface area contributed by atoms with Crippen molar-refractivity contribution in [3.05, 3.63) is 71.4 Å². The Morgan fingerprint density at radius 3 is 2.63 bits per heavy atom. The SMILES string of the molecule is CCc1cc2c(N3CCN(C(=O)Cc4cccc(N(N)c5ccccc5N)c4)CC3)ncnc2s1. The van der Waals surface area contributed by atoms with E-state index in [4.69, 9.17) is 11.6 Å². The van der Waals surface area contributed by atoms with Gasteiger partial charge in [0.25, 0.3) is 0 Å². The third kappa shape index (κ3) is 4.78. The smallest absolute Gasteiger partial charge is 0.227 e. The predicted molar refractivity (Wildman–Crippen MR) is 143 cm³/mol. The minimum Gasteiger partial charge on any atom is -0.397 e. The number of piperazine rings is 1. The minimum atomic E-state index is 0.112. The second-order valence-electron chi connectivity index (χ2n) is 8.63. The van der Waals surface area contributed by atoms with Crippen LogP contribution in [0.3, 0.4) is 0 Å². The Hall–Kier alpha value is -3.69. The summed E-state index contributed by atoms with van der Waals surface area (Å²) in [5, 5.41) is 2.66. The van der Waals surface area contributed by atoms with Gasteiger partial charge in [0.2, 0.25) is 5.91 Å². The molecule has 3 heterocycles. The molecule has 2 aromatic carbocycles. The highest BCUT2D eigenvalue weighted by molar-refractivity contribution is 7.18. The summed E-state index contributed by atoms with van der Waals surface area (Å²) in [6.07, 6.45) is 2.96. The van der Waals surface area contributed by atoms with Crippen molar-refractivity contribution in [2.75, 3.05) is 41.8 Å². The summed E-state index contributed by atoms with van der Waals surface area (Å²) in [6, 6.07) is 17.4. The fourth-order valence-electron chi connectivity index (χ4n) is 4.44. The number of nitrogens with two attached hydrogens (primary N) is 2. The van der Waals surface area contributed by atoms with E-state index in [2.05, 4.69) is 27.9 Å². The van der Waals surface area contributed by atoms with Crippen molar-refractivity contribution < 1.29 is 4.79 Å². The highest BCUT2D eigenvalue weighted by atomic mass is 32.1. The number of nitrogens with zero attached hydrogens (tertiary/aromatic N) is 5. The van der Waals surface area contributed by atoms with Crippen molar-refractivity contribution in [1.29, 1.82) is 0 Å². The maximum absolute atomic E-state index is 13.1. The van der Waals surface area contributed by atoms with Gasteiger partial charge < -0.3 is 15.5 Å². The number of para-hydroxylation sites is 2. The molecule has 180 valence electrons. The summed E-state index contributed by atoms with van der Waals surface area (Å²) >= 11 is 1.72. The lowest BCUT2D eigenvalue weighted by atomic mass is 10.1. The molecule has 5 rings (SSSR count). The number of hydrogen-bond donors (Lipinski definition) is 2. The van der Waals surface area contributed by atoms with E-state index in [9.17, 15) is 4.79 Å². The number of aryl methyl sites for hydroxylation is 1. The molecule has 8 nitrogen and oxygen atoms in total. The Bertz CT molecular complexity index is 1350. The maximum atomic E-state index is 13.1. The topological polar surface area (TPSA) is 105 Å². The molecule has 4 aromatic rings. The normalized spacial score (nSPS) is 13.9. The molecule has 1 amide bonds. The molecule has 1 fully saturated rings. The minimum absolute atomic E-state index is 0.112. The molecule has 9 heteroatoms. The fraction of sp³-hybridized carbons (Fsp3) is 0.269. The fourth-order valence-corrected chi connectivity index (χ4v) is 5.37. The molecule has 0 saturated carbocycles. The molecule has 0 atom stereocenters. The first-order chi connectivity index (χ1) is 17.0. The Morgan fingerprint density at radius 1 is 1.06 bits per heavy atom. The lowest BCUT2D eigenvalue weighted by Crippen LogP contribution is -2.49. The second kappa shape index (κ2) is 9.89. The average Bonchev–Trinajstić information content (AvgIpc) is 3.32. The Kier molecular flexibility index (Phi) is 6.52. The number of amides is 1. The number of nitrogen functional groups attached to an aromatic ring is 1. The number of hydrogen-bond acceptors (Lipinski definition) is 8. The van der Waals surface area contributed by atoms with Crippen molar-refractivity contribution in [3.63, 3.8) is 0 Å². The van der Waals surface area contributed by atoms with Crippen LogP contribution in [0.1, 0.15) is 17.4 Å². The quantitative estimate of drug-likeness (QED) is 0.242. The van der Waals surface area contributed by atoms with Gasteiger partial charge >= 0.3 is 0 Å². The van der Waals surface area contributed by atoms with Gasteiger partial charge in [0.05, 0.1) is 28.9 Å². The van der Waals surface area contributed by atoms with Crippen LogP contribution < -0.4 is 21.5 Å². The number of anilines is 4. The predicted octanol–water partition coefficient (Wildman–Crippen LogP) is 3.74. The van der Waals surface area contributed by atoms with Gasteiger partial charge in [-0.2, -0.15) is 0 Å². The number of fused-ring (bicyclic) bond motifs is 1. The van der Waals surface area contributed by atoms with Crippen molar-refractivity contribution in [2.45, 2.75) is 19.8 Å². The molecule has 1 aliphatic rings. The highest BCUT2D eigenvalue weighted by Gasteiger charge is 2.24. The highest BCUT2D eigenvalue weighted by Crippen LogP contribution is 2.31. The first kappa shape index (κ1) is 23.1. The molecule has 0 aliphatic carbocycles. The van der Waals surface area contributed by atoms with Crippen LogP contribution in [0.5, 0.6) is 0 Å². The third-order valence-corrected chi connectivity index (χ3v) is 7.57. The summed E-state index contributed by atoms with van der Waals surface area (Å²) in [6.45, 7) is 4.98. The van der Waals surface area contributed by atoms with Gasteiger partial charge in [0.1, 0.15) is 17.0 Å². The molecule has 0 spiro atoms. The van der Waals surface area contributed by atoms with Gasteiger partial charge in [-0.05, 0) is 42.3 Å². The van der Waals surface area contributed by atoms with Crippen molar-refractivity contribution in [2.24, 2.45) is 5.84 Å². The molecule has 1 saturated heterocycles. The largest absolute Gasteiger partial charge is 0.397 e. The second-order valence-corrected chi connectivity index (χ2v) is 9.74. The van der Waals surface area contributed by atoms with E-state index in [1.54, 1.807) is 22.7 Å². The zero-order valence-electron chi connectivity index (χ0n) is 19.7. The van der Waals surface area contributed by atoms with Crippen LogP contribution in [0.25, 0.3) is 10.2 Å². The van der Waals surface area contributed by atoms with Gasteiger partial charge in [0, 0.05) is 31.1 Å². The first-order valence-electron chi connectivity index (χ1n) is 11.8. The van der Waals surface area contributed by atoms with Gasteiger partial charge in [0.15, 0.2) is 0 Å². The third-order valence-electron chi connectivity index (χ3n) is 6.38. The number of thiophene rings is 1. The number of carbonyl (C=O) groups excluding carboxylic acids is 1. The van der Waals surface area contributed by atoms with E-state index in [0.29, 0.717) is 25.2 Å². The molecule has 0 radical (unpaired) electrons. The van der Waals surface area contributed by atoms with Gasteiger partial charge in [-0.15, -0.1) is 11.3 Å². The van der Waals surface area contributed by atoms with Crippen molar-refractivity contribution in [3.8, 4) is 0 Å². The van der Waals surface area contributed by atoms with E-state index >= 15 is 0 Å². The standard InChI is InChI=1S/C26H29N7OS/c1-2-20-16-21-25(29-17-30-26(21)35-20)32-12-10-31(11-13-32)24(34)15-18-6-5-7-19(14-18)33(28)23-9-4-3-8-22(23)27/h3-9,14,16-17H,2,10-13,15,27-28H2,1H3. The molecule has 35 heavy (non-hydrogen) atoms. The lowest BCUT2D eigenvalue weighted by Gasteiger charge is -2.35. The lowest BCUT2D eigenvalue weighted by molar-refractivity contribution is -0.130.